The van der Waals surface area contributed by atoms with Crippen LogP contribution in [0.25, 0.3) is 0 Å². The van der Waals surface area contributed by atoms with Gasteiger partial charge in [-0.25, -0.2) is 0 Å². The zero-order chi connectivity index (χ0) is 14.4. The molecule has 20 heavy (non-hydrogen) atoms. The number of piperidine rings is 1. The van der Waals surface area contributed by atoms with Crippen LogP contribution < -0.4 is 5.32 Å². The molecule has 0 spiro atoms. The Balaban J connectivity index is 1.66. The lowest BCUT2D eigenvalue weighted by atomic mass is 10.0. The van der Waals surface area contributed by atoms with Gasteiger partial charge >= 0.3 is 0 Å². The molecule has 1 aliphatic rings. The first kappa shape index (κ1) is 16.1. The second-order valence-corrected chi connectivity index (χ2v) is 6.43. The molecule has 2 nitrogen and oxygen atoms in total. The van der Waals surface area contributed by atoms with Crippen LogP contribution >= 0.6 is 23.2 Å². The van der Waals surface area contributed by atoms with E-state index < -0.39 is 0 Å². The van der Waals surface area contributed by atoms with Crippen LogP contribution in [0.1, 0.15) is 38.2 Å². The van der Waals surface area contributed by atoms with E-state index in [9.17, 15) is 0 Å². The zero-order valence-corrected chi connectivity index (χ0v) is 13.7. The van der Waals surface area contributed by atoms with Crippen LogP contribution in [0.5, 0.6) is 0 Å². The maximum Gasteiger partial charge on any atom is 0.0465 e. The van der Waals surface area contributed by atoms with E-state index in [2.05, 4.69) is 17.1 Å². The van der Waals surface area contributed by atoms with Gasteiger partial charge < -0.3 is 10.2 Å². The maximum atomic E-state index is 6.15. The summed E-state index contributed by atoms with van der Waals surface area (Å²) in [7, 11) is 0. The second-order valence-electron chi connectivity index (χ2n) is 5.61. The molecule has 0 amide bonds. The molecule has 0 radical (unpaired) electrons. The summed E-state index contributed by atoms with van der Waals surface area (Å²) in [4.78, 5) is 2.60. The number of nitrogens with one attached hydrogen (secondary N) is 1. The molecule has 1 atom stereocenters. The third kappa shape index (κ3) is 4.63. The summed E-state index contributed by atoms with van der Waals surface area (Å²) >= 11 is 12.3. The van der Waals surface area contributed by atoms with Gasteiger partial charge in [-0.05, 0) is 58.0 Å². The summed E-state index contributed by atoms with van der Waals surface area (Å²) < 4.78 is 0. The average molecular weight is 315 g/mol. The third-order valence-corrected chi connectivity index (χ3v) is 4.81. The standard InChI is InChI=1S/C16H24Cl2N2/c1-13-6-2-3-10-20(13)11-5-9-19-12-14-15(17)7-4-8-16(14)18/h4,7-8,13,19H,2-3,5-6,9-12H2,1H3. The number of hydrogen-bond donors (Lipinski definition) is 1. The molecular weight excluding hydrogens is 291 g/mol. The van der Waals surface area contributed by atoms with Crippen LogP contribution in [-0.2, 0) is 6.54 Å². The normalized spacial score (nSPS) is 20.2. The van der Waals surface area contributed by atoms with Gasteiger partial charge in [0.15, 0.2) is 0 Å². The van der Waals surface area contributed by atoms with Gasteiger partial charge in [-0.2, -0.15) is 0 Å². The Morgan fingerprint density at radius 1 is 1.25 bits per heavy atom. The summed E-state index contributed by atoms with van der Waals surface area (Å²) in [6, 6.07) is 6.41. The second kappa shape index (κ2) is 8.23. The van der Waals surface area contributed by atoms with E-state index in [1.54, 1.807) is 0 Å². The van der Waals surface area contributed by atoms with Crippen molar-refractivity contribution in [1.29, 1.82) is 0 Å². The summed E-state index contributed by atoms with van der Waals surface area (Å²) in [6.07, 6.45) is 5.27. The van der Waals surface area contributed by atoms with Gasteiger partial charge in [-0.1, -0.05) is 35.7 Å². The van der Waals surface area contributed by atoms with Gasteiger partial charge in [0.1, 0.15) is 0 Å². The SMILES string of the molecule is CC1CCCCN1CCCNCc1c(Cl)cccc1Cl. The fourth-order valence-corrected chi connectivity index (χ4v) is 3.34. The molecule has 0 aromatic heterocycles. The molecule has 0 bridgehead atoms. The molecule has 1 aliphatic heterocycles. The number of rotatable bonds is 6. The van der Waals surface area contributed by atoms with Crippen molar-refractivity contribution in [2.24, 2.45) is 0 Å². The molecule has 2 rings (SSSR count). The molecular formula is C16H24Cl2N2. The third-order valence-electron chi connectivity index (χ3n) is 4.10. The number of nitrogens with zero attached hydrogens (tertiary/aromatic N) is 1. The van der Waals surface area contributed by atoms with Crippen molar-refractivity contribution in [3.8, 4) is 0 Å². The van der Waals surface area contributed by atoms with E-state index in [4.69, 9.17) is 23.2 Å². The molecule has 1 aromatic rings. The van der Waals surface area contributed by atoms with Gasteiger partial charge in [-0.15, -0.1) is 0 Å². The van der Waals surface area contributed by atoms with Crippen LogP contribution in [0.3, 0.4) is 0 Å². The van der Waals surface area contributed by atoms with E-state index in [0.29, 0.717) is 0 Å². The fraction of sp³-hybridized carbons (Fsp3) is 0.625. The minimum absolute atomic E-state index is 0.744. The zero-order valence-electron chi connectivity index (χ0n) is 12.2. The molecule has 4 heteroatoms. The summed E-state index contributed by atoms with van der Waals surface area (Å²) in [6.45, 7) is 6.54. The van der Waals surface area contributed by atoms with Crippen molar-refractivity contribution in [2.45, 2.75) is 45.2 Å². The molecule has 0 saturated carbocycles. The van der Waals surface area contributed by atoms with Gasteiger partial charge in [0.2, 0.25) is 0 Å². The van der Waals surface area contributed by atoms with Crippen molar-refractivity contribution >= 4 is 23.2 Å². The lowest BCUT2D eigenvalue weighted by Gasteiger charge is -2.33. The highest BCUT2D eigenvalue weighted by Crippen LogP contribution is 2.23. The van der Waals surface area contributed by atoms with Crippen molar-refractivity contribution < 1.29 is 0 Å². The van der Waals surface area contributed by atoms with Crippen LogP contribution in [0, 0.1) is 0 Å². The van der Waals surface area contributed by atoms with Crippen LogP contribution in [-0.4, -0.2) is 30.6 Å². The minimum atomic E-state index is 0.744. The molecule has 1 aromatic carbocycles. The van der Waals surface area contributed by atoms with Gasteiger partial charge in [0, 0.05) is 28.2 Å². The molecule has 112 valence electrons. The molecule has 1 saturated heterocycles. The molecule has 1 unspecified atom stereocenters. The first-order valence-electron chi connectivity index (χ1n) is 7.56. The van der Waals surface area contributed by atoms with Crippen LogP contribution in [0.2, 0.25) is 10.0 Å². The fourth-order valence-electron chi connectivity index (χ4n) is 2.81. The van der Waals surface area contributed by atoms with E-state index in [-0.39, 0.29) is 0 Å². The maximum absolute atomic E-state index is 6.15. The largest absolute Gasteiger partial charge is 0.313 e. The van der Waals surface area contributed by atoms with E-state index in [1.807, 2.05) is 18.2 Å². The monoisotopic (exact) mass is 314 g/mol. The highest BCUT2D eigenvalue weighted by Gasteiger charge is 2.16. The topological polar surface area (TPSA) is 15.3 Å². The van der Waals surface area contributed by atoms with Gasteiger partial charge in [0.25, 0.3) is 0 Å². The Labute approximate surface area is 132 Å². The summed E-state index contributed by atoms with van der Waals surface area (Å²) in [5, 5.41) is 4.93. The number of halogens is 2. The lowest BCUT2D eigenvalue weighted by Crippen LogP contribution is -2.38. The van der Waals surface area contributed by atoms with Crippen LogP contribution in [0.4, 0.5) is 0 Å². The first-order valence-corrected chi connectivity index (χ1v) is 8.31. The highest BCUT2D eigenvalue weighted by molar-refractivity contribution is 6.35. The predicted molar refractivity (Wildman–Crippen MR) is 87.7 cm³/mol. The van der Waals surface area contributed by atoms with Crippen molar-refractivity contribution in [1.82, 2.24) is 10.2 Å². The van der Waals surface area contributed by atoms with E-state index in [0.717, 1.165) is 34.7 Å². The molecule has 0 aliphatic carbocycles. The smallest absolute Gasteiger partial charge is 0.0465 e. The molecule has 1 N–H and O–H groups in total. The highest BCUT2D eigenvalue weighted by atomic mass is 35.5. The van der Waals surface area contributed by atoms with Gasteiger partial charge in [-0.3, -0.25) is 0 Å². The lowest BCUT2D eigenvalue weighted by molar-refractivity contribution is 0.159. The van der Waals surface area contributed by atoms with Gasteiger partial charge in [0.05, 0.1) is 0 Å². The number of hydrogen-bond acceptors (Lipinski definition) is 2. The van der Waals surface area contributed by atoms with Crippen molar-refractivity contribution in [3.05, 3.63) is 33.8 Å². The minimum Gasteiger partial charge on any atom is -0.313 e. The average Bonchev–Trinajstić information content (AvgIpc) is 2.43. The Kier molecular flexibility index (Phi) is 6.63. The Hall–Kier alpha value is -0.280. The van der Waals surface area contributed by atoms with Crippen molar-refractivity contribution in [2.75, 3.05) is 19.6 Å². The first-order chi connectivity index (χ1) is 9.68. The molecule has 1 fully saturated rings. The van der Waals surface area contributed by atoms with Crippen molar-refractivity contribution in [3.63, 3.8) is 0 Å². The Bertz CT molecular complexity index is 403. The predicted octanol–water partition coefficient (Wildman–Crippen LogP) is 4.35. The Morgan fingerprint density at radius 2 is 2.00 bits per heavy atom. The quantitative estimate of drug-likeness (QED) is 0.785. The number of likely N-dealkylation sites (tertiary alicyclic amines) is 1. The summed E-state index contributed by atoms with van der Waals surface area (Å²) in [5.74, 6) is 0. The number of benzene rings is 1. The molecule has 1 heterocycles. The summed E-state index contributed by atoms with van der Waals surface area (Å²) in [5.41, 5.74) is 1.00. The van der Waals surface area contributed by atoms with E-state index >= 15 is 0 Å². The van der Waals surface area contributed by atoms with E-state index in [1.165, 1.54) is 38.8 Å². The van der Waals surface area contributed by atoms with Crippen LogP contribution in [0.15, 0.2) is 18.2 Å². The Morgan fingerprint density at radius 3 is 2.70 bits per heavy atom.